The largest absolute Gasteiger partial charge is 0.483 e. The molecule has 0 aromatic heterocycles. The molecule has 23 heavy (non-hydrogen) atoms. The van der Waals surface area contributed by atoms with Crippen molar-refractivity contribution in [2.45, 2.75) is 26.2 Å². The number of halogens is 2. The van der Waals surface area contributed by atoms with Gasteiger partial charge in [-0.2, -0.15) is 0 Å². The molecule has 0 aliphatic carbocycles. The molecule has 5 heteroatoms. The smallest absolute Gasteiger partial charge is 0.262 e. The fourth-order valence-electron chi connectivity index (χ4n) is 2.13. The van der Waals surface area contributed by atoms with E-state index in [1.165, 1.54) is 0 Å². The fourth-order valence-corrected chi connectivity index (χ4v) is 2.13. The van der Waals surface area contributed by atoms with Gasteiger partial charge < -0.3 is 10.1 Å². The number of benzene rings is 2. The monoisotopic (exact) mass is 319 g/mol. The van der Waals surface area contributed by atoms with Gasteiger partial charge in [0.1, 0.15) is 17.4 Å². The molecule has 2 aromatic rings. The molecule has 3 nitrogen and oxygen atoms in total. The minimum Gasteiger partial charge on any atom is -0.483 e. The van der Waals surface area contributed by atoms with Gasteiger partial charge in [-0.1, -0.05) is 39.0 Å². The molecular weight excluding hydrogens is 300 g/mol. The van der Waals surface area contributed by atoms with Crippen LogP contribution in [0.3, 0.4) is 0 Å². The van der Waals surface area contributed by atoms with Gasteiger partial charge in [0.25, 0.3) is 5.91 Å². The molecule has 1 N–H and O–H groups in total. The van der Waals surface area contributed by atoms with E-state index in [2.05, 4.69) is 5.32 Å². The molecule has 0 saturated heterocycles. The number of carbonyl (C=O) groups excluding carboxylic acids is 1. The van der Waals surface area contributed by atoms with E-state index in [4.69, 9.17) is 4.74 Å². The molecular formula is C18H19F2NO2. The molecule has 1 amide bonds. The lowest BCUT2D eigenvalue weighted by molar-refractivity contribution is -0.118. The maximum absolute atomic E-state index is 13.5. The number of ether oxygens (including phenoxy) is 1. The Hall–Kier alpha value is -2.43. The van der Waals surface area contributed by atoms with E-state index in [9.17, 15) is 13.6 Å². The summed E-state index contributed by atoms with van der Waals surface area (Å²) >= 11 is 0. The van der Waals surface area contributed by atoms with Gasteiger partial charge in [-0.25, -0.2) is 8.78 Å². The summed E-state index contributed by atoms with van der Waals surface area (Å²) in [5.74, 6) is -1.29. The van der Waals surface area contributed by atoms with Gasteiger partial charge in [0.2, 0.25) is 0 Å². The lowest BCUT2D eigenvalue weighted by atomic mass is 9.86. The molecule has 2 rings (SSSR count). The van der Waals surface area contributed by atoms with Gasteiger partial charge in [0, 0.05) is 6.07 Å². The number of rotatable bonds is 4. The van der Waals surface area contributed by atoms with E-state index in [0.717, 1.165) is 23.8 Å². The Balaban J connectivity index is 2.04. The van der Waals surface area contributed by atoms with Crippen LogP contribution >= 0.6 is 0 Å². The van der Waals surface area contributed by atoms with E-state index in [0.29, 0.717) is 5.75 Å². The highest BCUT2D eigenvalue weighted by molar-refractivity contribution is 5.92. The van der Waals surface area contributed by atoms with E-state index in [-0.39, 0.29) is 17.7 Å². The zero-order chi connectivity index (χ0) is 17.0. The summed E-state index contributed by atoms with van der Waals surface area (Å²) in [6.07, 6.45) is 0. The van der Waals surface area contributed by atoms with Crippen molar-refractivity contribution in [2.75, 3.05) is 11.9 Å². The van der Waals surface area contributed by atoms with E-state index < -0.39 is 17.5 Å². The summed E-state index contributed by atoms with van der Waals surface area (Å²) < 4.78 is 32.1. The van der Waals surface area contributed by atoms with Crippen LogP contribution < -0.4 is 10.1 Å². The van der Waals surface area contributed by atoms with Crippen molar-refractivity contribution in [3.63, 3.8) is 0 Å². The molecule has 0 aliphatic rings. The molecule has 0 heterocycles. The second kappa shape index (κ2) is 6.77. The van der Waals surface area contributed by atoms with Gasteiger partial charge >= 0.3 is 0 Å². The third-order valence-corrected chi connectivity index (χ3v) is 3.26. The Kier molecular flexibility index (Phi) is 4.98. The first-order valence-corrected chi connectivity index (χ1v) is 7.24. The van der Waals surface area contributed by atoms with Crippen molar-refractivity contribution in [1.82, 2.24) is 0 Å². The van der Waals surface area contributed by atoms with Crippen molar-refractivity contribution in [3.05, 3.63) is 59.7 Å². The normalized spacial score (nSPS) is 11.2. The number of nitrogens with one attached hydrogen (secondary N) is 1. The minimum atomic E-state index is -0.699. The third-order valence-electron chi connectivity index (χ3n) is 3.26. The predicted molar refractivity (Wildman–Crippen MR) is 85.6 cm³/mol. The van der Waals surface area contributed by atoms with Gasteiger partial charge in [-0.05, 0) is 29.2 Å². The molecule has 0 spiro atoms. The van der Waals surface area contributed by atoms with Gasteiger partial charge in [-0.3, -0.25) is 4.79 Å². The van der Waals surface area contributed by atoms with Crippen molar-refractivity contribution in [3.8, 4) is 5.75 Å². The average Bonchev–Trinajstić information content (AvgIpc) is 2.48. The van der Waals surface area contributed by atoms with E-state index in [1.807, 2.05) is 39.0 Å². The zero-order valence-corrected chi connectivity index (χ0v) is 13.3. The maximum atomic E-state index is 13.5. The summed E-state index contributed by atoms with van der Waals surface area (Å²) in [7, 11) is 0. The maximum Gasteiger partial charge on any atom is 0.262 e. The van der Waals surface area contributed by atoms with Gasteiger partial charge in [-0.15, -0.1) is 0 Å². The summed E-state index contributed by atoms with van der Waals surface area (Å²) in [6, 6.07) is 10.3. The number of amides is 1. The van der Waals surface area contributed by atoms with Crippen LogP contribution in [0.5, 0.6) is 5.75 Å². The van der Waals surface area contributed by atoms with E-state index in [1.54, 1.807) is 6.07 Å². The Morgan fingerprint density at radius 3 is 2.52 bits per heavy atom. The van der Waals surface area contributed by atoms with Crippen LogP contribution in [0.4, 0.5) is 14.5 Å². The fraction of sp³-hybridized carbons (Fsp3) is 0.278. The number of anilines is 1. The second-order valence-electron chi connectivity index (χ2n) is 6.21. The summed E-state index contributed by atoms with van der Waals surface area (Å²) in [5.41, 5.74) is 0.620. The first kappa shape index (κ1) is 16.9. The zero-order valence-electron chi connectivity index (χ0n) is 13.3. The first-order chi connectivity index (χ1) is 10.8. The van der Waals surface area contributed by atoms with Crippen molar-refractivity contribution < 1.29 is 18.3 Å². The van der Waals surface area contributed by atoms with Gasteiger partial charge in [0.05, 0.1) is 5.69 Å². The molecule has 2 aromatic carbocycles. The third kappa shape index (κ3) is 4.52. The molecule has 0 unspecified atom stereocenters. The lowest BCUT2D eigenvalue weighted by Crippen LogP contribution is -2.22. The van der Waals surface area contributed by atoms with Crippen LogP contribution in [0.1, 0.15) is 26.3 Å². The second-order valence-corrected chi connectivity index (χ2v) is 6.21. The van der Waals surface area contributed by atoms with Crippen molar-refractivity contribution >= 4 is 11.6 Å². The lowest BCUT2D eigenvalue weighted by Gasteiger charge is -2.22. The SMILES string of the molecule is CC(C)(C)c1ccccc1OCC(=O)Nc1cc(F)ccc1F. The Bertz CT molecular complexity index is 708. The number of hydrogen-bond acceptors (Lipinski definition) is 2. The number of para-hydroxylation sites is 1. The Morgan fingerprint density at radius 1 is 1.13 bits per heavy atom. The summed E-state index contributed by atoms with van der Waals surface area (Å²) in [6.45, 7) is 5.83. The van der Waals surface area contributed by atoms with E-state index >= 15 is 0 Å². The van der Waals surface area contributed by atoms with Crippen LogP contribution in [0.2, 0.25) is 0 Å². The highest BCUT2D eigenvalue weighted by Crippen LogP contribution is 2.30. The summed E-state index contributed by atoms with van der Waals surface area (Å²) in [4.78, 5) is 11.9. The van der Waals surface area contributed by atoms with Crippen molar-refractivity contribution in [1.29, 1.82) is 0 Å². The van der Waals surface area contributed by atoms with Crippen LogP contribution in [0.25, 0.3) is 0 Å². The predicted octanol–water partition coefficient (Wildman–Crippen LogP) is 4.28. The van der Waals surface area contributed by atoms with Crippen LogP contribution in [0.15, 0.2) is 42.5 Å². The average molecular weight is 319 g/mol. The number of carbonyl (C=O) groups is 1. The Labute approximate surface area is 134 Å². The number of hydrogen-bond donors (Lipinski definition) is 1. The van der Waals surface area contributed by atoms with Crippen LogP contribution in [0, 0.1) is 11.6 Å². The highest BCUT2D eigenvalue weighted by Gasteiger charge is 2.19. The topological polar surface area (TPSA) is 38.3 Å². The van der Waals surface area contributed by atoms with Gasteiger partial charge in [0.15, 0.2) is 6.61 Å². The summed E-state index contributed by atoms with van der Waals surface area (Å²) in [5, 5.41) is 2.30. The Morgan fingerprint density at radius 2 is 1.83 bits per heavy atom. The molecule has 0 saturated carbocycles. The molecule has 0 atom stereocenters. The standard InChI is InChI=1S/C18H19F2NO2/c1-18(2,3)13-6-4-5-7-16(13)23-11-17(22)21-15-10-12(19)8-9-14(15)20/h4-10H,11H2,1-3H3,(H,21,22). The molecule has 0 fully saturated rings. The first-order valence-electron chi connectivity index (χ1n) is 7.24. The molecule has 0 bridgehead atoms. The van der Waals surface area contributed by atoms with Crippen molar-refractivity contribution in [2.24, 2.45) is 0 Å². The molecule has 0 radical (unpaired) electrons. The van der Waals surface area contributed by atoms with Crippen LogP contribution in [-0.2, 0) is 10.2 Å². The quantitative estimate of drug-likeness (QED) is 0.913. The minimum absolute atomic E-state index is 0.137. The molecule has 0 aliphatic heterocycles. The van der Waals surface area contributed by atoms with Crippen LogP contribution in [-0.4, -0.2) is 12.5 Å². The highest BCUT2D eigenvalue weighted by atomic mass is 19.1. The molecule has 122 valence electrons.